The van der Waals surface area contributed by atoms with E-state index < -0.39 is 0 Å². The van der Waals surface area contributed by atoms with E-state index in [-0.39, 0.29) is 0 Å². The number of thioether (sulfide) groups is 1. The molecule has 0 fully saturated rings. The first kappa shape index (κ1) is 6.83. The Morgan fingerprint density at radius 2 is 2.56 bits per heavy atom. The zero-order valence-corrected chi connectivity index (χ0v) is 6.76. The van der Waals surface area contributed by atoms with Crippen molar-refractivity contribution in [2.24, 2.45) is 0 Å². The average molecular weight is 158 g/mol. The molecule has 3 heteroatoms. The second kappa shape index (κ2) is 3.03. The lowest BCUT2D eigenvalue weighted by Crippen LogP contribution is -2.37. The fourth-order valence-corrected chi connectivity index (χ4v) is 1.76. The van der Waals surface area contributed by atoms with Gasteiger partial charge >= 0.3 is 0 Å². The standard InChI is InChI=1S/C6H7NS2/c1-8-6(7)5-3-2-4-9-5/h2-4,7H,1H3/p+1. The molecular weight excluding hydrogens is 150 g/mol. The Kier molecular flexibility index (Phi) is 2.30. The lowest BCUT2D eigenvalue weighted by Gasteiger charge is -1.83. The van der Waals surface area contributed by atoms with Crippen molar-refractivity contribution in [3.63, 3.8) is 0 Å². The summed E-state index contributed by atoms with van der Waals surface area (Å²) in [5, 5.41) is 8.56. The number of hydrogen-bond donors (Lipinski definition) is 1. The number of rotatable bonds is 1. The van der Waals surface area contributed by atoms with Gasteiger partial charge < -0.3 is 0 Å². The van der Waals surface area contributed by atoms with Gasteiger partial charge in [0.25, 0.3) is 0 Å². The largest absolute Gasteiger partial charge is 0.248 e. The molecule has 0 amide bonds. The minimum atomic E-state index is 0.907. The molecule has 2 N–H and O–H groups in total. The Hall–Kier alpha value is -0.280. The summed E-state index contributed by atoms with van der Waals surface area (Å²) in [4.78, 5) is 1.17. The Bertz CT molecular complexity index is 191. The van der Waals surface area contributed by atoms with Gasteiger partial charge in [-0.3, -0.25) is 0 Å². The SMILES string of the molecule is CSC(=[NH2+])c1cccs1. The van der Waals surface area contributed by atoms with Crippen molar-refractivity contribution in [2.75, 3.05) is 6.26 Å². The van der Waals surface area contributed by atoms with E-state index in [4.69, 9.17) is 5.41 Å². The van der Waals surface area contributed by atoms with Crippen LogP contribution in [0.4, 0.5) is 0 Å². The summed E-state index contributed by atoms with van der Waals surface area (Å²) < 4.78 is 0. The second-order valence-corrected chi connectivity index (χ2v) is 3.34. The van der Waals surface area contributed by atoms with Crippen LogP contribution in [0.2, 0.25) is 0 Å². The molecule has 0 bridgehead atoms. The third kappa shape index (κ3) is 1.56. The minimum absolute atomic E-state index is 0.907. The first-order valence-electron chi connectivity index (χ1n) is 2.55. The van der Waals surface area contributed by atoms with Crippen molar-refractivity contribution in [3.05, 3.63) is 22.4 Å². The summed E-state index contributed by atoms with van der Waals surface area (Å²) in [6, 6.07) is 4.03. The Labute approximate surface area is 62.6 Å². The lowest BCUT2D eigenvalue weighted by molar-refractivity contribution is -0.107. The van der Waals surface area contributed by atoms with Crippen LogP contribution in [-0.4, -0.2) is 11.3 Å². The molecule has 0 unspecified atom stereocenters. The topological polar surface area (TPSA) is 25.6 Å². The minimum Gasteiger partial charge on any atom is -0.248 e. The molecule has 0 radical (unpaired) electrons. The Balaban J connectivity index is 2.77. The summed E-state index contributed by atoms with van der Waals surface area (Å²) in [6.45, 7) is 0. The van der Waals surface area contributed by atoms with Gasteiger partial charge in [-0.2, -0.15) is 0 Å². The summed E-state index contributed by atoms with van der Waals surface area (Å²) in [5.74, 6) is 0. The van der Waals surface area contributed by atoms with E-state index in [1.54, 1.807) is 23.1 Å². The van der Waals surface area contributed by atoms with Crippen LogP contribution in [0.15, 0.2) is 17.5 Å². The van der Waals surface area contributed by atoms with Crippen LogP contribution in [0, 0.1) is 0 Å². The molecule has 0 saturated carbocycles. The van der Waals surface area contributed by atoms with E-state index >= 15 is 0 Å². The molecule has 1 nitrogen and oxygen atoms in total. The average Bonchev–Trinajstić information content (AvgIpc) is 2.37. The lowest BCUT2D eigenvalue weighted by atomic mass is 10.5. The fraction of sp³-hybridized carbons (Fsp3) is 0.167. The first-order chi connectivity index (χ1) is 4.34. The molecule has 0 saturated heterocycles. The molecule has 0 aromatic carbocycles. The predicted octanol–water partition coefficient (Wildman–Crippen LogP) is 0.617. The van der Waals surface area contributed by atoms with E-state index in [0.717, 1.165) is 5.04 Å². The van der Waals surface area contributed by atoms with Crippen molar-refractivity contribution < 1.29 is 5.41 Å². The van der Waals surface area contributed by atoms with Crippen LogP contribution < -0.4 is 5.41 Å². The van der Waals surface area contributed by atoms with Crippen LogP contribution in [0.1, 0.15) is 4.88 Å². The molecule has 0 spiro atoms. The van der Waals surface area contributed by atoms with Crippen molar-refractivity contribution in [1.82, 2.24) is 0 Å². The van der Waals surface area contributed by atoms with Crippen LogP contribution in [-0.2, 0) is 0 Å². The molecule has 48 valence electrons. The maximum atomic E-state index is 5.63. The zero-order chi connectivity index (χ0) is 6.69. The predicted molar refractivity (Wildman–Crippen MR) is 43.9 cm³/mol. The smallest absolute Gasteiger partial charge is 0.248 e. The van der Waals surface area contributed by atoms with Gasteiger partial charge in [0.15, 0.2) is 0 Å². The zero-order valence-electron chi connectivity index (χ0n) is 5.13. The van der Waals surface area contributed by atoms with Crippen molar-refractivity contribution in [2.45, 2.75) is 0 Å². The second-order valence-electron chi connectivity index (χ2n) is 1.55. The molecule has 1 heterocycles. The Morgan fingerprint density at radius 1 is 1.78 bits per heavy atom. The summed E-state index contributed by atoms with van der Waals surface area (Å²) >= 11 is 3.26. The van der Waals surface area contributed by atoms with Gasteiger partial charge in [-0.15, -0.1) is 11.3 Å². The normalized spacial score (nSPS) is 9.44. The van der Waals surface area contributed by atoms with E-state index in [9.17, 15) is 0 Å². The highest BCUT2D eigenvalue weighted by atomic mass is 32.2. The van der Waals surface area contributed by atoms with Gasteiger partial charge in [-0.05, 0) is 17.7 Å². The van der Waals surface area contributed by atoms with Gasteiger partial charge in [-0.1, -0.05) is 17.8 Å². The molecule has 1 aromatic heterocycles. The van der Waals surface area contributed by atoms with Gasteiger partial charge in [0.05, 0.1) is 0 Å². The highest BCUT2D eigenvalue weighted by molar-refractivity contribution is 8.13. The summed E-state index contributed by atoms with van der Waals surface area (Å²) in [7, 11) is 0. The number of thiophene rings is 1. The molecule has 1 aromatic rings. The monoisotopic (exact) mass is 158 g/mol. The van der Waals surface area contributed by atoms with Crippen LogP contribution in [0.3, 0.4) is 0 Å². The van der Waals surface area contributed by atoms with E-state index in [1.165, 1.54) is 4.88 Å². The maximum Gasteiger partial charge on any atom is 0.248 e. The van der Waals surface area contributed by atoms with E-state index in [1.807, 2.05) is 23.8 Å². The quantitative estimate of drug-likeness (QED) is 0.470. The highest BCUT2D eigenvalue weighted by Gasteiger charge is 2.03. The fourth-order valence-electron chi connectivity index (χ4n) is 0.519. The van der Waals surface area contributed by atoms with Crippen molar-refractivity contribution >= 4 is 28.1 Å². The van der Waals surface area contributed by atoms with Crippen molar-refractivity contribution in [1.29, 1.82) is 0 Å². The van der Waals surface area contributed by atoms with Crippen LogP contribution >= 0.6 is 23.1 Å². The number of hydrogen-bond acceptors (Lipinski definition) is 2. The molecule has 9 heavy (non-hydrogen) atoms. The molecular formula is C6H8NS2+. The third-order valence-electron chi connectivity index (χ3n) is 0.984. The Morgan fingerprint density at radius 3 is 3.00 bits per heavy atom. The van der Waals surface area contributed by atoms with Crippen molar-refractivity contribution in [3.8, 4) is 0 Å². The van der Waals surface area contributed by atoms with Crippen LogP contribution in [0.5, 0.6) is 0 Å². The van der Waals surface area contributed by atoms with Crippen LogP contribution in [0.25, 0.3) is 0 Å². The number of nitrogens with two attached hydrogens (primary N) is 1. The maximum absolute atomic E-state index is 5.63. The van der Waals surface area contributed by atoms with E-state index in [2.05, 4.69) is 0 Å². The molecule has 0 aliphatic rings. The van der Waals surface area contributed by atoms with Gasteiger partial charge in [0.2, 0.25) is 5.04 Å². The molecule has 0 atom stereocenters. The van der Waals surface area contributed by atoms with Gasteiger partial charge in [0, 0.05) is 0 Å². The molecule has 0 aliphatic heterocycles. The summed E-state index contributed by atoms with van der Waals surface area (Å²) in [5.41, 5.74) is 0. The third-order valence-corrected chi connectivity index (χ3v) is 2.68. The molecule has 1 rings (SSSR count). The van der Waals surface area contributed by atoms with Gasteiger partial charge in [-0.25, -0.2) is 5.41 Å². The molecule has 0 aliphatic carbocycles. The first-order valence-corrected chi connectivity index (χ1v) is 4.65. The highest BCUT2D eigenvalue weighted by Crippen LogP contribution is 2.12. The summed E-state index contributed by atoms with van der Waals surface area (Å²) in [6.07, 6.45) is 1.98. The van der Waals surface area contributed by atoms with E-state index in [0.29, 0.717) is 0 Å². The van der Waals surface area contributed by atoms with Gasteiger partial charge in [0.1, 0.15) is 4.88 Å².